The molecule has 1 fully saturated rings. The lowest BCUT2D eigenvalue weighted by Gasteiger charge is -2.33. The number of carbonyl (C=O) groups is 1. The summed E-state index contributed by atoms with van der Waals surface area (Å²) < 4.78 is 18.0. The highest BCUT2D eigenvalue weighted by atomic mass is 127. The zero-order valence-electron chi connectivity index (χ0n) is 15.2. The van der Waals surface area contributed by atoms with Gasteiger partial charge in [-0.25, -0.2) is 4.39 Å². The van der Waals surface area contributed by atoms with Crippen LogP contribution in [0.25, 0.3) is 0 Å². The van der Waals surface area contributed by atoms with E-state index < -0.39 is 0 Å². The minimum absolute atomic E-state index is 0. The molecule has 0 bridgehead atoms. The van der Waals surface area contributed by atoms with E-state index in [1.54, 1.807) is 30.9 Å². The number of likely N-dealkylation sites (tertiary alicyclic amines) is 1. The molecule has 5 nitrogen and oxygen atoms in total. The summed E-state index contributed by atoms with van der Waals surface area (Å²) in [5.74, 6) is 1.43. The van der Waals surface area contributed by atoms with E-state index in [0.717, 1.165) is 49.1 Å². The first-order valence-electron chi connectivity index (χ1n) is 8.64. The number of ether oxygens (including phenoxy) is 1. The van der Waals surface area contributed by atoms with Crippen molar-refractivity contribution in [1.82, 2.24) is 10.2 Å². The van der Waals surface area contributed by atoms with Crippen molar-refractivity contribution in [3.05, 3.63) is 30.1 Å². The topological polar surface area (TPSA) is 53.9 Å². The van der Waals surface area contributed by atoms with Crippen LogP contribution < -0.4 is 5.32 Å². The van der Waals surface area contributed by atoms with Crippen molar-refractivity contribution in [3.8, 4) is 0 Å². The minimum atomic E-state index is -0.214. The van der Waals surface area contributed by atoms with Gasteiger partial charge in [0, 0.05) is 37.3 Å². The Labute approximate surface area is 176 Å². The summed E-state index contributed by atoms with van der Waals surface area (Å²) in [5, 5.41) is 3.35. The van der Waals surface area contributed by atoms with Crippen LogP contribution in [-0.4, -0.2) is 55.9 Å². The molecular weight excluding hydrogens is 468 g/mol. The molecule has 1 aliphatic heterocycles. The Morgan fingerprint density at radius 1 is 1.35 bits per heavy atom. The summed E-state index contributed by atoms with van der Waals surface area (Å²) in [6.45, 7) is 4.64. The van der Waals surface area contributed by atoms with Crippen LogP contribution in [0.2, 0.25) is 0 Å². The van der Waals surface area contributed by atoms with Crippen molar-refractivity contribution in [2.24, 2.45) is 10.9 Å². The van der Waals surface area contributed by atoms with Crippen molar-refractivity contribution in [2.75, 3.05) is 39.0 Å². The summed E-state index contributed by atoms with van der Waals surface area (Å²) in [6, 6.07) is 6.52. The van der Waals surface area contributed by atoms with Crippen LogP contribution in [0.5, 0.6) is 0 Å². The maximum Gasteiger partial charge on any atom is 0.309 e. The first kappa shape index (κ1) is 23.0. The number of halogens is 2. The molecule has 1 aromatic rings. The third-order valence-electron chi connectivity index (χ3n) is 4.09. The van der Waals surface area contributed by atoms with Gasteiger partial charge in [0.15, 0.2) is 5.96 Å². The average molecular weight is 495 g/mol. The highest BCUT2D eigenvalue weighted by Gasteiger charge is 2.27. The summed E-state index contributed by atoms with van der Waals surface area (Å²) in [6.07, 6.45) is 1.59. The molecule has 0 unspecified atom stereocenters. The first-order chi connectivity index (χ1) is 12.1. The van der Waals surface area contributed by atoms with Crippen molar-refractivity contribution in [3.63, 3.8) is 0 Å². The number of carbonyl (C=O) groups excluding carboxylic acids is 1. The number of esters is 1. The average Bonchev–Trinajstić information content (AvgIpc) is 2.64. The number of nitrogens with one attached hydrogen (secondary N) is 1. The molecule has 0 radical (unpaired) electrons. The molecule has 0 spiro atoms. The van der Waals surface area contributed by atoms with Crippen molar-refractivity contribution < 1.29 is 13.9 Å². The SMILES string of the molecule is CCOC(=O)C1CCN(C(=NC)NCCSc2ccc(F)cc2)CC1.I. The van der Waals surface area contributed by atoms with Gasteiger partial charge in [0.05, 0.1) is 12.5 Å². The van der Waals surface area contributed by atoms with E-state index in [2.05, 4.69) is 15.2 Å². The van der Waals surface area contributed by atoms with Crippen LogP contribution in [0, 0.1) is 11.7 Å². The third kappa shape index (κ3) is 7.30. The predicted molar refractivity (Wildman–Crippen MR) is 115 cm³/mol. The second-order valence-corrected chi connectivity index (χ2v) is 6.96. The van der Waals surface area contributed by atoms with Crippen molar-refractivity contribution >= 4 is 47.7 Å². The van der Waals surface area contributed by atoms with Gasteiger partial charge in [-0.3, -0.25) is 9.79 Å². The van der Waals surface area contributed by atoms with Crippen LogP contribution in [0.1, 0.15) is 19.8 Å². The molecule has 0 atom stereocenters. The molecule has 1 aromatic carbocycles. The van der Waals surface area contributed by atoms with Crippen LogP contribution in [-0.2, 0) is 9.53 Å². The number of guanidine groups is 1. The maximum absolute atomic E-state index is 12.9. The van der Waals surface area contributed by atoms with E-state index in [1.165, 1.54) is 12.1 Å². The molecule has 8 heteroatoms. The van der Waals surface area contributed by atoms with Gasteiger partial charge in [-0.05, 0) is 44.0 Å². The lowest BCUT2D eigenvalue weighted by Crippen LogP contribution is -2.47. The summed E-state index contributed by atoms with van der Waals surface area (Å²) in [5.41, 5.74) is 0. The highest BCUT2D eigenvalue weighted by molar-refractivity contribution is 14.0. The number of benzene rings is 1. The second kappa shape index (κ2) is 12.4. The molecule has 2 rings (SSSR count). The Morgan fingerprint density at radius 2 is 2.00 bits per heavy atom. The van der Waals surface area contributed by atoms with Gasteiger partial charge in [0.2, 0.25) is 0 Å². The lowest BCUT2D eigenvalue weighted by atomic mass is 9.97. The lowest BCUT2D eigenvalue weighted by molar-refractivity contribution is -0.149. The molecule has 1 saturated heterocycles. The van der Waals surface area contributed by atoms with E-state index in [4.69, 9.17) is 4.74 Å². The van der Waals surface area contributed by atoms with Gasteiger partial charge in [-0.1, -0.05) is 0 Å². The zero-order chi connectivity index (χ0) is 18.1. The van der Waals surface area contributed by atoms with E-state index >= 15 is 0 Å². The van der Waals surface area contributed by atoms with Crippen LogP contribution in [0.15, 0.2) is 34.2 Å². The number of rotatable bonds is 6. The molecular formula is C18H27FIN3O2S. The number of aliphatic imine (C=N–C) groups is 1. The molecule has 0 aromatic heterocycles. The van der Waals surface area contributed by atoms with Crippen LogP contribution in [0.3, 0.4) is 0 Å². The first-order valence-corrected chi connectivity index (χ1v) is 9.63. The largest absolute Gasteiger partial charge is 0.466 e. The monoisotopic (exact) mass is 495 g/mol. The molecule has 146 valence electrons. The molecule has 26 heavy (non-hydrogen) atoms. The fourth-order valence-corrected chi connectivity index (χ4v) is 3.55. The predicted octanol–water partition coefficient (Wildman–Crippen LogP) is 3.39. The van der Waals surface area contributed by atoms with Crippen molar-refractivity contribution in [1.29, 1.82) is 0 Å². The van der Waals surface area contributed by atoms with E-state index in [-0.39, 0.29) is 41.7 Å². The molecule has 1 aliphatic rings. The number of hydrogen-bond acceptors (Lipinski definition) is 4. The number of thioether (sulfide) groups is 1. The highest BCUT2D eigenvalue weighted by Crippen LogP contribution is 2.19. The Bertz CT molecular complexity index is 578. The number of hydrogen-bond donors (Lipinski definition) is 1. The Morgan fingerprint density at radius 3 is 2.58 bits per heavy atom. The van der Waals surface area contributed by atoms with E-state index in [9.17, 15) is 9.18 Å². The molecule has 0 saturated carbocycles. The smallest absolute Gasteiger partial charge is 0.309 e. The number of piperidine rings is 1. The zero-order valence-corrected chi connectivity index (χ0v) is 18.4. The standard InChI is InChI=1S/C18H26FN3O2S.HI/c1-3-24-17(23)14-8-11-22(12-9-14)18(20-2)21-10-13-25-16-6-4-15(19)5-7-16;/h4-7,14H,3,8-13H2,1-2H3,(H,20,21);1H. The Hall–Kier alpha value is -1.03. The van der Waals surface area contributed by atoms with Gasteiger partial charge in [-0.2, -0.15) is 0 Å². The Balaban J connectivity index is 0.00000338. The van der Waals surface area contributed by atoms with Gasteiger partial charge >= 0.3 is 5.97 Å². The number of nitrogens with zero attached hydrogens (tertiary/aromatic N) is 2. The van der Waals surface area contributed by atoms with Crippen LogP contribution in [0.4, 0.5) is 4.39 Å². The van der Waals surface area contributed by atoms with Gasteiger partial charge in [0.1, 0.15) is 5.82 Å². The third-order valence-corrected chi connectivity index (χ3v) is 5.11. The maximum atomic E-state index is 12.9. The van der Waals surface area contributed by atoms with Crippen molar-refractivity contribution in [2.45, 2.75) is 24.7 Å². The quantitative estimate of drug-likeness (QED) is 0.164. The van der Waals surface area contributed by atoms with E-state index in [1.807, 2.05) is 6.92 Å². The molecule has 1 heterocycles. The molecule has 0 aliphatic carbocycles. The molecule has 1 N–H and O–H groups in total. The fraction of sp³-hybridized carbons (Fsp3) is 0.556. The van der Waals surface area contributed by atoms with E-state index in [0.29, 0.717) is 6.61 Å². The van der Waals surface area contributed by atoms with Gasteiger partial charge in [-0.15, -0.1) is 35.7 Å². The molecule has 0 amide bonds. The van der Waals surface area contributed by atoms with Gasteiger partial charge < -0.3 is 15.0 Å². The normalized spacial score (nSPS) is 15.3. The summed E-state index contributed by atoms with van der Waals surface area (Å²) in [4.78, 5) is 19.4. The van der Waals surface area contributed by atoms with Crippen LogP contribution >= 0.6 is 35.7 Å². The second-order valence-electron chi connectivity index (χ2n) is 5.79. The summed E-state index contributed by atoms with van der Waals surface area (Å²) >= 11 is 1.67. The van der Waals surface area contributed by atoms with Gasteiger partial charge in [0.25, 0.3) is 0 Å². The minimum Gasteiger partial charge on any atom is -0.466 e. The fourth-order valence-electron chi connectivity index (χ4n) is 2.78. The Kier molecular flexibility index (Phi) is 11.0. The summed E-state index contributed by atoms with van der Waals surface area (Å²) in [7, 11) is 1.77.